The van der Waals surface area contributed by atoms with E-state index in [2.05, 4.69) is 26.6 Å². The summed E-state index contributed by atoms with van der Waals surface area (Å²) in [5.74, 6) is -0.0728. The molecule has 1 aromatic heterocycles. The Morgan fingerprint density at radius 3 is 2.74 bits per heavy atom. The van der Waals surface area contributed by atoms with E-state index in [1.807, 2.05) is 23.7 Å². The number of urea groups is 1. The van der Waals surface area contributed by atoms with Crippen molar-refractivity contribution in [3.63, 3.8) is 0 Å². The zero-order valence-corrected chi connectivity index (χ0v) is 11.8. The molecule has 1 saturated carbocycles. The molecule has 1 saturated heterocycles. The molecule has 100 valence electrons. The molecule has 0 unspecified atom stereocenters. The van der Waals surface area contributed by atoms with E-state index in [1.54, 1.807) is 4.90 Å². The summed E-state index contributed by atoms with van der Waals surface area (Å²) in [5.41, 5.74) is 0.682. The molecule has 1 aromatic rings. The number of fused-ring (bicyclic) bond motifs is 5. The van der Waals surface area contributed by atoms with E-state index in [0.717, 1.165) is 11.0 Å². The zero-order chi connectivity index (χ0) is 13.3. The quantitative estimate of drug-likeness (QED) is 0.737. The van der Waals surface area contributed by atoms with Gasteiger partial charge in [0.2, 0.25) is 0 Å². The topological polar surface area (TPSA) is 66.4 Å². The maximum absolute atomic E-state index is 12.1. The fourth-order valence-corrected chi connectivity index (χ4v) is 4.21. The van der Waals surface area contributed by atoms with Crippen LogP contribution < -0.4 is 10.6 Å². The number of carbonyl (C=O) groups excluding carboxylic acids is 2. The van der Waals surface area contributed by atoms with Crippen molar-refractivity contribution in [2.45, 2.75) is 30.6 Å². The Morgan fingerprint density at radius 2 is 1.95 bits per heavy atom. The number of amides is 3. The van der Waals surface area contributed by atoms with Crippen molar-refractivity contribution in [2.24, 2.45) is 0 Å². The van der Waals surface area contributed by atoms with Gasteiger partial charge in [-0.15, -0.1) is 0 Å². The number of halogens is 1. The lowest BCUT2D eigenvalue weighted by Gasteiger charge is -2.32. The zero-order valence-electron chi connectivity index (χ0n) is 10.3. The predicted molar refractivity (Wildman–Crippen MR) is 70.9 cm³/mol. The van der Waals surface area contributed by atoms with Gasteiger partial charge in [0.05, 0.1) is 28.8 Å². The van der Waals surface area contributed by atoms with Crippen molar-refractivity contribution in [1.29, 1.82) is 0 Å². The third kappa shape index (κ3) is 1.31. The summed E-state index contributed by atoms with van der Waals surface area (Å²) < 4.78 is 2.96. The predicted octanol–water partition coefficient (Wildman–Crippen LogP) is 0.700. The average Bonchev–Trinajstić information content (AvgIpc) is 2.98. The van der Waals surface area contributed by atoms with Gasteiger partial charge in [0.1, 0.15) is 5.69 Å². The largest absolute Gasteiger partial charge is 0.344 e. The van der Waals surface area contributed by atoms with Crippen molar-refractivity contribution < 1.29 is 9.59 Å². The maximum atomic E-state index is 12.1. The Hall–Kier alpha value is -1.50. The lowest BCUT2D eigenvalue weighted by Crippen LogP contribution is -2.53. The molecular weight excluding hydrogens is 312 g/mol. The molecule has 0 aromatic carbocycles. The summed E-state index contributed by atoms with van der Waals surface area (Å²) in [4.78, 5) is 25.5. The fraction of sp³-hybridized carbons (Fsp3) is 0.500. The van der Waals surface area contributed by atoms with E-state index in [1.165, 1.54) is 0 Å². The minimum absolute atomic E-state index is 0.00565. The molecule has 2 N–H and O–H groups in total. The highest BCUT2D eigenvalue weighted by Gasteiger charge is 2.54. The van der Waals surface area contributed by atoms with Gasteiger partial charge in [0.15, 0.2) is 0 Å². The highest BCUT2D eigenvalue weighted by molar-refractivity contribution is 9.10. The van der Waals surface area contributed by atoms with Gasteiger partial charge in [0, 0.05) is 7.05 Å². The van der Waals surface area contributed by atoms with Crippen molar-refractivity contribution in [2.75, 3.05) is 7.05 Å². The first-order valence-corrected chi connectivity index (χ1v) is 7.08. The third-order valence-corrected chi connectivity index (χ3v) is 5.18. The lowest BCUT2D eigenvalue weighted by atomic mass is 10.1. The van der Waals surface area contributed by atoms with Crippen LogP contribution in [0.2, 0.25) is 0 Å². The Morgan fingerprint density at radius 1 is 1.21 bits per heavy atom. The Balaban J connectivity index is 1.79. The number of nitrogens with zero attached hydrogens (tertiary/aromatic N) is 2. The van der Waals surface area contributed by atoms with Crippen molar-refractivity contribution in [3.8, 4) is 0 Å². The average molecular weight is 325 g/mol. The Bertz CT molecular complexity index is 599. The summed E-state index contributed by atoms with van der Waals surface area (Å²) in [6, 6.07) is 3.95. The van der Waals surface area contributed by atoms with E-state index in [-0.39, 0.29) is 36.1 Å². The van der Waals surface area contributed by atoms with Gasteiger partial charge in [0.25, 0.3) is 5.91 Å². The number of nitrogens with one attached hydrogen (secondary N) is 2. The molecule has 0 bridgehead atoms. The van der Waals surface area contributed by atoms with E-state index in [0.29, 0.717) is 5.69 Å². The SMILES string of the molecule is CN1C(=O)N[C@H]2[C@@H]3NC(=O)c4ccc(Br)n4[C@@H]3C[C@H]21. The molecule has 0 radical (unpaired) electrons. The van der Waals surface area contributed by atoms with Crippen molar-refractivity contribution in [1.82, 2.24) is 20.1 Å². The molecule has 7 heteroatoms. The number of aromatic nitrogens is 1. The molecule has 3 heterocycles. The summed E-state index contributed by atoms with van der Waals surface area (Å²) >= 11 is 3.50. The second-order valence-corrected chi connectivity index (χ2v) is 6.18. The second-order valence-electron chi connectivity index (χ2n) is 5.37. The fourth-order valence-electron chi connectivity index (χ4n) is 3.62. The van der Waals surface area contributed by atoms with E-state index in [4.69, 9.17) is 0 Å². The van der Waals surface area contributed by atoms with Crippen LogP contribution in [0, 0.1) is 0 Å². The number of hydrogen-bond acceptors (Lipinski definition) is 2. The number of carbonyl (C=O) groups is 2. The minimum atomic E-state index is -0.0728. The van der Waals surface area contributed by atoms with Crippen LogP contribution in [0.1, 0.15) is 23.0 Å². The van der Waals surface area contributed by atoms with Gasteiger partial charge in [-0.05, 0) is 34.5 Å². The summed E-state index contributed by atoms with van der Waals surface area (Å²) in [6.45, 7) is 0. The third-order valence-electron chi connectivity index (χ3n) is 4.54. The molecule has 4 rings (SSSR count). The molecule has 0 spiro atoms. The first kappa shape index (κ1) is 11.3. The van der Waals surface area contributed by atoms with Crippen LogP contribution in [0.15, 0.2) is 16.7 Å². The van der Waals surface area contributed by atoms with Gasteiger partial charge in [-0.25, -0.2) is 4.79 Å². The lowest BCUT2D eigenvalue weighted by molar-refractivity contribution is 0.0880. The molecule has 4 atom stereocenters. The first-order chi connectivity index (χ1) is 9.08. The summed E-state index contributed by atoms with van der Waals surface area (Å²) in [6.07, 6.45) is 0.852. The molecule has 6 nitrogen and oxygen atoms in total. The monoisotopic (exact) mass is 324 g/mol. The summed E-state index contributed by atoms with van der Waals surface area (Å²) in [5, 5.41) is 6.01. The molecule has 19 heavy (non-hydrogen) atoms. The van der Waals surface area contributed by atoms with Crippen molar-refractivity contribution in [3.05, 3.63) is 22.4 Å². The smallest absolute Gasteiger partial charge is 0.317 e. The minimum Gasteiger partial charge on any atom is -0.344 e. The molecule has 2 fully saturated rings. The highest BCUT2D eigenvalue weighted by Crippen LogP contribution is 2.41. The maximum Gasteiger partial charge on any atom is 0.317 e. The van der Waals surface area contributed by atoms with Crippen LogP contribution in [0.4, 0.5) is 4.79 Å². The normalized spacial score (nSPS) is 35.6. The van der Waals surface area contributed by atoms with Crippen LogP contribution in [-0.2, 0) is 0 Å². The summed E-state index contributed by atoms with van der Waals surface area (Å²) in [7, 11) is 1.81. The number of rotatable bonds is 0. The molecular formula is C12H13BrN4O2. The van der Waals surface area contributed by atoms with Gasteiger partial charge in [-0.1, -0.05) is 0 Å². The van der Waals surface area contributed by atoms with E-state index >= 15 is 0 Å². The molecule has 3 amide bonds. The first-order valence-electron chi connectivity index (χ1n) is 6.29. The van der Waals surface area contributed by atoms with Crippen molar-refractivity contribution >= 4 is 27.9 Å². The van der Waals surface area contributed by atoms with Crippen LogP contribution in [0.3, 0.4) is 0 Å². The van der Waals surface area contributed by atoms with E-state index in [9.17, 15) is 9.59 Å². The van der Waals surface area contributed by atoms with Crippen LogP contribution in [0.5, 0.6) is 0 Å². The highest BCUT2D eigenvalue weighted by atomic mass is 79.9. The molecule has 2 aliphatic heterocycles. The van der Waals surface area contributed by atoms with Crippen LogP contribution in [0.25, 0.3) is 0 Å². The van der Waals surface area contributed by atoms with E-state index < -0.39 is 0 Å². The molecule has 1 aliphatic carbocycles. The van der Waals surface area contributed by atoms with Crippen LogP contribution in [-0.4, -0.2) is 46.6 Å². The Kier molecular flexibility index (Phi) is 2.11. The second kappa shape index (κ2) is 3.53. The van der Waals surface area contributed by atoms with Gasteiger partial charge in [-0.3, -0.25) is 4.79 Å². The standard InChI is InChI=1S/C12H13BrN4O2/c1-16-6-4-7-10(9(6)15-12(16)19)14-11(18)5-2-3-8(13)17(5)7/h2-3,6-7,9-10H,4H2,1H3,(H,14,18)(H,15,19)/t6-,7-,9-,10-/m1/s1. The van der Waals surface area contributed by atoms with Gasteiger partial charge in [-0.2, -0.15) is 0 Å². The Labute approximate surface area is 118 Å². The van der Waals surface area contributed by atoms with Gasteiger partial charge >= 0.3 is 6.03 Å². The van der Waals surface area contributed by atoms with Crippen LogP contribution >= 0.6 is 15.9 Å². The number of likely N-dealkylation sites (N-methyl/N-ethyl adjacent to an activating group) is 1. The van der Waals surface area contributed by atoms with Gasteiger partial charge < -0.3 is 20.1 Å². The number of hydrogen-bond donors (Lipinski definition) is 2. The molecule has 3 aliphatic rings.